The highest BCUT2D eigenvalue weighted by Gasteiger charge is 2.33. The Labute approximate surface area is 96.9 Å². The van der Waals surface area contributed by atoms with E-state index in [1.165, 1.54) is 6.92 Å². The van der Waals surface area contributed by atoms with Crippen LogP contribution in [0.1, 0.15) is 47.0 Å². The van der Waals surface area contributed by atoms with Crippen LogP contribution in [-0.4, -0.2) is 29.6 Å². The van der Waals surface area contributed by atoms with Crippen LogP contribution >= 0.6 is 0 Å². The second-order valence-electron chi connectivity index (χ2n) is 5.47. The molecule has 0 saturated carbocycles. The summed E-state index contributed by atoms with van der Waals surface area (Å²) in [5, 5.41) is 8.76. The molecule has 4 heteroatoms. The number of hydrogen-bond acceptors (Lipinski definition) is 3. The van der Waals surface area contributed by atoms with Crippen molar-refractivity contribution < 1.29 is 19.4 Å². The number of hydrogen-bond donors (Lipinski definition) is 1. The minimum atomic E-state index is -0.943. The van der Waals surface area contributed by atoms with Gasteiger partial charge in [0.25, 0.3) is 0 Å². The van der Waals surface area contributed by atoms with Crippen molar-refractivity contribution in [2.75, 3.05) is 0 Å². The molecular formula is C12H22O4. The molecule has 94 valence electrons. The van der Waals surface area contributed by atoms with Crippen molar-refractivity contribution in [2.24, 2.45) is 5.41 Å². The largest absolute Gasteiger partial charge is 0.479 e. The maximum Gasteiger partial charge on any atom is 0.332 e. The van der Waals surface area contributed by atoms with Gasteiger partial charge in [-0.05, 0) is 31.6 Å². The molecule has 0 aromatic carbocycles. The molecule has 0 aliphatic carbocycles. The maximum atomic E-state index is 10.7. The molecule has 0 aromatic rings. The maximum absolute atomic E-state index is 10.7. The summed E-state index contributed by atoms with van der Waals surface area (Å²) in [5.41, 5.74) is 0.0779. The number of aliphatic carboxylic acids is 1. The molecule has 1 aliphatic heterocycles. The lowest BCUT2D eigenvalue weighted by Crippen LogP contribution is -2.40. The van der Waals surface area contributed by atoms with Crippen LogP contribution < -0.4 is 0 Å². The van der Waals surface area contributed by atoms with E-state index in [9.17, 15) is 4.79 Å². The molecule has 1 fully saturated rings. The first-order chi connectivity index (χ1) is 7.30. The summed E-state index contributed by atoms with van der Waals surface area (Å²) in [6.45, 7) is 7.91. The van der Waals surface area contributed by atoms with E-state index in [1.807, 2.05) is 0 Å². The van der Waals surface area contributed by atoms with E-state index in [4.69, 9.17) is 14.6 Å². The van der Waals surface area contributed by atoms with Crippen molar-refractivity contribution in [3.05, 3.63) is 0 Å². The van der Waals surface area contributed by atoms with E-state index in [-0.39, 0.29) is 17.8 Å². The second kappa shape index (κ2) is 5.15. The standard InChI is InChI=1S/C12H22O4/c1-8(11(13)14)15-10-7-5-6-9(16-10)12(2,3)4/h8-10H,5-7H2,1-4H3,(H,13,14)/t8-,9+,10+/m0/s1. The van der Waals surface area contributed by atoms with Gasteiger partial charge in [-0.3, -0.25) is 0 Å². The van der Waals surface area contributed by atoms with E-state index < -0.39 is 12.1 Å². The predicted octanol–water partition coefficient (Wildman–Crippen LogP) is 2.42. The van der Waals surface area contributed by atoms with E-state index in [0.717, 1.165) is 19.3 Å². The van der Waals surface area contributed by atoms with Crippen molar-refractivity contribution in [2.45, 2.75) is 65.5 Å². The third-order valence-electron chi connectivity index (χ3n) is 2.89. The van der Waals surface area contributed by atoms with Crippen molar-refractivity contribution in [3.63, 3.8) is 0 Å². The summed E-state index contributed by atoms with van der Waals surface area (Å²) in [7, 11) is 0. The Kier molecular flexibility index (Phi) is 4.33. The van der Waals surface area contributed by atoms with Crippen molar-refractivity contribution in [1.29, 1.82) is 0 Å². The Bertz CT molecular complexity index is 244. The lowest BCUT2D eigenvalue weighted by Gasteiger charge is -2.38. The Hall–Kier alpha value is -0.610. The highest BCUT2D eigenvalue weighted by atomic mass is 16.7. The molecule has 4 nitrogen and oxygen atoms in total. The quantitative estimate of drug-likeness (QED) is 0.809. The average Bonchev–Trinajstić information content (AvgIpc) is 2.16. The third kappa shape index (κ3) is 3.76. The SMILES string of the molecule is C[C@H](O[C@H]1CCC[C@H](C(C)(C)C)O1)C(=O)O. The second-order valence-corrected chi connectivity index (χ2v) is 5.47. The fourth-order valence-corrected chi connectivity index (χ4v) is 1.81. The van der Waals surface area contributed by atoms with Gasteiger partial charge in [-0.25, -0.2) is 4.79 Å². The van der Waals surface area contributed by atoms with Gasteiger partial charge in [0.15, 0.2) is 12.4 Å². The first-order valence-corrected chi connectivity index (χ1v) is 5.84. The van der Waals surface area contributed by atoms with Crippen LogP contribution in [0, 0.1) is 5.41 Å². The van der Waals surface area contributed by atoms with E-state index >= 15 is 0 Å². The topological polar surface area (TPSA) is 55.8 Å². The van der Waals surface area contributed by atoms with Crippen molar-refractivity contribution in [3.8, 4) is 0 Å². The van der Waals surface area contributed by atoms with Gasteiger partial charge in [0, 0.05) is 0 Å². The molecule has 0 unspecified atom stereocenters. The molecule has 1 saturated heterocycles. The normalized spacial score (nSPS) is 28.8. The molecule has 16 heavy (non-hydrogen) atoms. The van der Waals surface area contributed by atoms with Crippen molar-refractivity contribution in [1.82, 2.24) is 0 Å². The first kappa shape index (κ1) is 13.5. The van der Waals surface area contributed by atoms with Gasteiger partial charge < -0.3 is 14.6 Å². The molecule has 0 amide bonds. The zero-order chi connectivity index (χ0) is 12.3. The predicted molar refractivity (Wildman–Crippen MR) is 60.1 cm³/mol. The van der Waals surface area contributed by atoms with Crippen LogP contribution in [0.15, 0.2) is 0 Å². The van der Waals surface area contributed by atoms with Crippen LogP contribution in [0.25, 0.3) is 0 Å². The lowest BCUT2D eigenvalue weighted by atomic mass is 9.85. The van der Waals surface area contributed by atoms with Gasteiger partial charge in [-0.2, -0.15) is 0 Å². The molecule has 1 rings (SSSR count). The number of carboxylic acid groups (broad SMARTS) is 1. The first-order valence-electron chi connectivity index (χ1n) is 5.84. The minimum Gasteiger partial charge on any atom is -0.479 e. The smallest absolute Gasteiger partial charge is 0.332 e. The van der Waals surface area contributed by atoms with Gasteiger partial charge in [0.1, 0.15) is 0 Å². The highest BCUT2D eigenvalue weighted by Crippen LogP contribution is 2.32. The molecule has 0 bridgehead atoms. The van der Waals surface area contributed by atoms with Crippen LogP contribution in [0.4, 0.5) is 0 Å². The van der Waals surface area contributed by atoms with Gasteiger partial charge >= 0.3 is 5.97 Å². The molecule has 1 heterocycles. The summed E-state index contributed by atoms with van der Waals surface area (Å²) in [6, 6.07) is 0. The Morgan fingerprint density at radius 2 is 2.06 bits per heavy atom. The van der Waals surface area contributed by atoms with Crippen molar-refractivity contribution >= 4 is 5.97 Å². The van der Waals surface area contributed by atoms with Gasteiger partial charge in [0.2, 0.25) is 0 Å². The molecule has 0 aromatic heterocycles. The fraction of sp³-hybridized carbons (Fsp3) is 0.917. The number of carboxylic acids is 1. The molecule has 0 radical (unpaired) electrons. The Morgan fingerprint density at radius 1 is 1.44 bits per heavy atom. The summed E-state index contributed by atoms with van der Waals surface area (Å²) in [5.74, 6) is -0.943. The van der Waals surface area contributed by atoms with Crippen LogP contribution in [0.5, 0.6) is 0 Å². The zero-order valence-corrected chi connectivity index (χ0v) is 10.5. The van der Waals surface area contributed by atoms with E-state index in [0.29, 0.717) is 0 Å². The van der Waals surface area contributed by atoms with E-state index in [2.05, 4.69) is 20.8 Å². The summed E-state index contributed by atoms with van der Waals surface area (Å²) >= 11 is 0. The third-order valence-corrected chi connectivity index (χ3v) is 2.89. The average molecular weight is 230 g/mol. The highest BCUT2D eigenvalue weighted by molar-refractivity contribution is 5.71. The number of carbonyl (C=O) groups is 1. The molecular weight excluding hydrogens is 208 g/mol. The zero-order valence-electron chi connectivity index (χ0n) is 10.5. The van der Waals surface area contributed by atoms with E-state index in [1.54, 1.807) is 0 Å². The summed E-state index contributed by atoms with van der Waals surface area (Å²) in [6.07, 6.45) is 1.80. The summed E-state index contributed by atoms with van der Waals surface area (Å²) in [4.78, 5) is 10.7. The number of ether oxygens (including phenoxy) is 2. The van der Waals surface area contributed by atoms with Gasteiger partial charge in [0.05, 0.1) is 6.10 Å². The Balaban J connectivity index is 2.48. The minimum absolute atomic E-state index is 0.0779. The molecule has 1 N–H and O–H groups in total. The van der Waals surface area contributed by atoms with Gasteiger partial charge in [-0.1, -0.05) is 20.8 Å². The van der Waals surface area contributed by atoms with Crippen LogP contribution in [-0.2, 0) is 14.3 Å². The van der Waals surface area contributed by atoms with Crippen LogP contribution in [0.3, 0.4) is 0 Å². The number of rotatable bonds is 3. The van der Waals surface area contributed by atoms with Gasteiger partial charge in [-0.15, -0.1) is 0 Å². The fourth-order valence-electron chi connectivity index (χ4n) is 1.81. The Morgan fingerprint density at radius 3 is 2.56 bits per heavy atom. The molecule has 3 atom stereocenters. The monoisotopic (exact) mass is 230 g/mol. The summed E-state index contributed by atoms with van der Waals surface area (Å²) < 4.78 is 11.1. The molecule has 0 spiro atoms. The van der Waals surface area contributed by atoms with Crippen LogP contribution in [0.2, 0.25) is 0 Å². The lowest BCUT2D eigenvalue weighted by molar-refractivity contribution is -0.233. The molecule has 1 aliphatic rings.